The van der Waals surface area contributed by atoms with E-state index in [9.17, 15) is 24.6 Å². The fraction of sp³-hybridized carbons (Fsp3) is 0.211. The van der Waals surface area contributed by atoms with E-state index in [1.807, 2.05) is 0 Å². The number of rotatable bonds is 3. The fourth-order valence-electron chi connectivity index (χ4n) is 2.86. The van der Waals surface area contributed by atoms with Gasteiger partial charge in [0, 0.05) is 6.07 Å². The minimum atomic E-state index is -1.18. The van der Waals surface area contributed by atoms with Crippen LogP contribution in [0.5, 0.6) is 11.5 Å². The molecule has 2 aromatic carbocycles. The van der Waals surface area contributed by atoms with E-state index in [0.717, 1.165) is 6.07 Å². The summed E-state index contributed by atoms with van der Waals surface area (Å²) in [6, 6.07) is 10.2. The van der Waals surface area contributed by atoms with Gasteiger partial charge >= 0.3 is 5.97 Å². The van der Waals surface area contributed by atoms with E-state index in [1.165, 1.54) is 17.0 Å². The van der Waals surface area contributed by atoms with E-state index in [0.29, 0.717) is 11.4 Å². The van der Waals surface area contributed by atoms with Gasteiger partial charge in [-0.3, -0.25) is 14.5 Å². The number of nitrogens with one attached hydrogen (secondary N) is 1. The molecule has 3 N–H and O–H groups in total. The number of fused-ring (bicyclic) bond motifs is 1. The van der Waals surface area contributed by atoms with Crippen molar-refractivity contribution in [3.05, 3.63) is 48.0 Å². The van der Waals surface area contributed by atoms with Crippen molar-refractivity contribution in [1.82, 2.24) is 0 Å². The number of amides is 2. The first-order valence-electron chi connectivity index (χ1n) is 8.14. The highest BCUT2D eigenvalue weighted by atomic mass is 16.5. The lowest BCUT2D eigenvalue weighted by molar-refractivity contribution is -0.128. The Kier molecular flexibility index (Phi) is 4.49. The first-order chi connectivity index (χ1) is 12.7. The lowest BCUT2D eigenvalue weighted by Gasteiger charge is -2.41. The molecule has 0 spiro atoms. The van der Waals surface area contributed by atoms with Crippen molar-refractivity contribution in [3.8, 4) is 11.5 Å². The Balaban J connectivity index is 1.81. The molecule has 8 heteroatoms. The van der Waals surface area contributed by atoms with Crippen molar-refractivity contribution in [3.63, 3.8) is 0 Å². The number of phenolic OH excluding ortho intramolecular Hbond substituents is 2. The van der Waals surface area contributed by atoms with Gasteiger partial charge in [0.25, 0.3) is 5.91 Å². The Morgan fingerprint density at radius 1 is 1.15 bits per heavy atom. The molecule has 3 rings (SSSR count). The number of carbonyl (C=O) groups excluding carboxylic acids is 3. The monoisotopic (exact) mass is 370 g/mol. The lowest BCUT2D eigenvalue weighted by Crippen LogP contribution is -2.59. The number of hydrogen-bond acceptors (Lipinski definition) is 6. The van der Waals surface area contributed by atoms with E-state index in [-0.39, 0.29) is 17.2 Å². The summed E-state index contributed by atoms with van der Waals surface area (Å²) >= 11 is 0. The maximum absolute atomic E-state index is 12.8. The van der Waals surface area contributed by atoms with Crippen LogP contribution in [-0.4, -0.2) is 40.1 Å². The molecule has 1 aliphatic heterocycles. The average Bonchev–Trinajstić information content (AvgIpc) is 2.60. The first-order valence-corrected chi connectivity index (χ1v) is 8.14. The third-order valence-electron chi connectivity index (χ3n) is 4.29. The number of aromatic hydroxyl groups is 2. The van der Waals surface area contributed by atoms with Crippen molar-refractivity contribution in [1.29, 1.82) is 0 Å². The van der Waals surface area contributed by atoms with Crippen LogP contribution in [0.4, 0.5) is 11.4 Å². The molecule has 27 heavy (non-hydrogen) atoms. The Morgan fingerprint density at radius 3 is 2.56 bits per heavy atom. The number of ether oxygens (including phenoxy) is 1. The van der Waals surface area contributed by atoms with Gasteiger partial charge in [-0.05, 0) is 38.1 Å². The minimum Gasteiger partial charge on any atom is -0.508 e. The predicted molar refractivity (Wildman–Crippen MR) is 96.7 cm³/mol. The second-order valence-electron chi connectivity index (χ2n) is 6.54. The molecular weight excluding hydrogens is 352 g/mol. The molecule has 0 saturated heterocycles. The number of benzene rings is 2. The summed E-state index contributed by atoms with van der Waals surface area (Å²) in [7, 11) is 0. The maximum Gasteiger partial charge on any atom is 0.342 e. The molecule has 0 atom stereocenters. The summed E-state index contributed by atoms with van der Waals surface area (Å²) in [6.07, 6.45) is 0. The summed E-state index contributed by atoms with van der Waals surface area (Å²) in [5.74, 6) is -2.55. The molecule has 0 saturated carbocycles. The molecule has 0 fully saturated rings. The van der Waals surface area contributed by atoms with E-state index in [1.54, 1.807) is 38.1 Å². The zero-order valence-corrected chi connectivity index (χ0v) is 14.7. The van der Waals surface area contributed by atoms with E-state index in [2.05, 4.69) is 5.32 Å². The topological polar surface area (TPSA) is 116 Å². The van der Waals surface area contributed by atoms with Crippen LogP contribution in [0, 0.1) is 0 Å². The van der Waals surface area contributed by atoms with Crippen LogP contribution < -0.4 is 10.2 Å². The van der Waals surface area contributed by atoms with Crippen molar-refractivity contribution in [2.75, 3.05) is 16.8 Å². The molecule has 1 heterocycles. The van der Waals surface area contributed by atoms with Crippen molar-refractivity contribution < 1.29 is 29.3 Å². The standard InChI is InChI=1S/C19H18N2O6/c1-19(2)18(26)20-13-5-3-4-6-14(13)21(19)16(24)10-27-17(25)12-8-7-11(22)9-15(12)23/h3-9,22-23H,10H2,1-2H3,(H,20,26). The quantitative estimate of drug-likeness (QED) is 0.712. The Hall–Kier alpha value is -3.55. The van der Waals surface area contributed by atoms with Gasteiger partial charge in [-0.15, -0.1) is 0 Å². The highest BCUT2D eigenvalue weighted by Crippen LogP contribution is 2.36. The van der Waals surface area contributed by atoms with E-state index < -0.39 is 29.8 Å². The lowest BCUT2D eigenvalue weighted by atomic mass is 9.96. The van der Waals surface area contributed by atoms with Gasteiger partial charge in [-0.25, -0.2) is 4.79 Å². The Labute approximate surface area is 155 Å². The molecule has 2 amide bonds. The molecule has 1 aliphatic rings. The van der Waals surface area contributed by atoms with Gasteiger partial charge in [0.1, 0.15) is 22.6 Å². The first kappa shape index (κ1) is 18.2. The van der Waals surface area contributed by atoms with Gasteiger partial charge in [0.15, 0.2) is 6.61 Å². The van der Waals surface area contributed by atoms with Gasteiger partial charge in [0.05, 0.1) is 11.4 Å². The van der Waals surface area contributed by atoms with Gasteiger partial charge in [-0.1, -0.05) is 12.1 Å². The number of carbonyl (C=O) groups is 3. The molecular formula is C19H18N2O6. The fourth-order valence-corrected chi connectivity index (χ4v) is 2.86. The number of esters is 1. The SMILES string of the molecule is CC1(C)C(=O)Nc2ccccc2N1C(=O)COC(=O)c1ccc(O)cc1O. The molecule has 0 aliphatic carbocycles. The minimum absolute atomic E-state index is 0.184. The highest BCUT2D eigenvalue weighted by Gasteiger charge is 2.43. The summed E-state index contributed by atoms with van der Waals surface area (Å²) in [5, 5.41) is 21.7. The van der Waals surface area contributed by atoms with Crippen molar-refractivity contribution in [2.24, 2.45) is 0 Å². The van der Waals surface area contributed by atoms with E-state index >= 15 is 0 Å². The van der Waals surface area contributed by atoms with Gasteiger partial charge in [-0.2, -0.15) is 0 Å². The summed E-state index contributed by atoms with van der Waals surface area (Å²) in [6.45, 7) is 2.55. The smallest absolute Gasteiger partial charge is 0.342 e. The van der Waals surface area contributed by atoms with Crippen LogP contribution in [0.15, 0.2) is 42.5 Å². The average molecular weight is 370 g/mol. The number of phenols is 2. The van der Waals surface area contributed by atoms with Gasteiger partial charge < -0.3 is 20.3 Å². The molecule has 0 bridgehead atoms. The number of anilines is 2. The van der Waals surface area contributed by atoms with E-state index in [4.69, 9.17) is 4.74 Å². The summed E-state index contributed by atoms with van der Waals surface area (Å²) < 4.78 is 5.00. The number of hydrogen-bond donors (Lipinski definition) is 3. The Morgan fingerprint density at radius 2 is 1.85 bits per heavy atom. The zero-order chi connectivity index (χ0) is 19.8. The molecule has 0 unspecified atom stereocenters. The Bertz CT molecular complexity index is 938. The second kappa shape index (κ2) is 6.64. The van der Waals surface area contributed by atoms with Gasteiger partial charge in [0.2, 0.25) is 5.91 Å². The number of para-hydroxylation sites is 2. The molecule has 2 aromatic rings. The summed E-state index contributed by atoms with van der Waals surface area (Å²) in [5.41, 5.74) is -0.386. The van der Waals surface area contributed by atoms with Crippen LogP contribution in [0.1, 0.15) is 24.2 Å². The number of nitrogens with zero attached hydrogens (tertiary/aromatic N) is 1. The second-order valence-corrected chi connectivity index (χ2v) is 6.54. The predicted octanol–water partition coefficient (Wildman–Crippen LogP) is 2.02. The van der Waals surface area contributed by atoms with Crippen LogP contribution in [0.3, 0.4) is 0 Å². The molecule has 0 radical (unpaired) electrons. The largest absolute Gasteiger partial charge is 0.508 e. The maximum atomic E-state index is 12.8. The molecule has 0 aromatic heterocycles. The summed E-state index contributed by atoms with van der Waals surface area (Å²) in [4.78, 5) is 38.5. The van der Waals surface area contributed by atoms with Crippen LogP contribution >= 0.6 is 0 Å². The third-order valence-corrected chi connectivity index (χ3v) is 4.29. The normalized spacial score (nSPS) is 14.9. The van der Waals surface area contributed by atoms with Crippen molar-refractivity contribution in [2.45, 2.75) is 19.4 Å². The van der Waals surface area contributed by atoms with Crippen LogP contribution in [-0.2, 0) is 14.3 Å². The van der Waals surface area contributed by atoms with Crippen molar-refractivity contribution >= 4 is 29.2 Å². The van der Waals surface area contributed by atoms with Crippen LogP contribution in [0.25, 0.3) is 0 Å². The molecule has 8 nitrogen and oxygen atoms in total. The zero-order valence-electron chi connectivity index (χ0n) is 14.7. The highest BCUT2D eigenvalue weighted by molar-refractivity contribution is 6.14. The third kappa shape index (κ3) is 3.29. The molecule has 140 valence electrons. The van der Waals surface area contributed by atoms with Crippen LogP contribution in [0.2, 0.25) is 0 Å².